The molecule has 1 aliphatic carbocycles. The van der Waals surface area contributed by atoms with Crippen molar-refractivity contribution in [2.24, 2.45) is 0 Å². The van der Waals surface area contributed by atoms with Crippen molar-refractivity contribution in [3.63, 3.8) is 0 Å². The number of aryl methyl sites for hydroxylation is 2. The lowest BCUT2D eigenvalue weighted by Gasteiger charge is -2.25. The molecule has 1 atom stereocenters. The van der Waals surface area contributed by atoms with Gasteiger partial charge >= 0.3 is 0 Å². The van der Waals surface area contributed by atoms with Crippen LogP contribution in [-0.2, 0) is 6.42 Å². The van der Waals surface area contributed by atoms with Crippen molar-refractivity contribution in [1.82, 2.24) is 0 Å². The Morgan fingerprint density at radius 2 is 1.41 bits per heavy atom. The number of benzene rings is 3. The van der Waals surface area contributed by atoms with E-state index < -0.39 is 0 Å². The number of allylic oxidation sites excluding steroid dienone is 2. The van der Waals surface area contributed by atoms with Crippen molar-refractivity contribution in [3.05, 3.63) is 148 Å². The fraction of sp³-hybridized carbons (Fsp3) is 0.270. The first-order valence-corrected chi connectivity index (χ1v) is 14.2. The van der Waals surface area contributed by atoms with E-state index in [4.69, 9.17) is 0 Å². The number of pyridine rings is 1. The lowest BCUT2D eigenvalue weighted by molar-refractivity contribution is -0.524. The molecular formula is C37H41N2+. The second-order valence-corrected chi connectivity index (χ2v) is 11.6. The number of fused-ring (bicyclic) bond motifs is 1. The Morgan fingerprint density at radius 1 is 0.769 bits per heavy atom. The average Bonchev–Trinajstić information content (AvgIpc) is 2.91. The third kappa shape index (κ3) is 5.34. The molecule has 0 saturated heterocycles. The first-order valence-electron chi connectivity index (χ1n) is 14.2. The number of para-hydroxylation sites is 1. The highest BCUT2D eigenvalue weighted by Crippen LogP contribution is 2.36. The highest BCUT2D eigenvalue weighted by atomic mass is 15.0. The summed E-state index contributed by atoms with van der Waals surface area (Å²) >= 11 is 0. The fourth-order valence-corrected chi connectivity index (χ4v) is 5.99. The summed E-state index contributed by atoms with van der Waals surface area (Å²) in [6, 6.07) is 28.9. The van der Waals surface area contributed by atoms with Crippen LogP contribution in [0.25, 0.3) is 5.57 Å². The van der Waals surface area contributed by atoms with Crippen LogP contribution in [0.1, 0.15) is 90.2 Å². The van der Waals surface area contributed by atoms with E-state index in [0.29, 0.717) is 11.8 Å². The zero-order valence-electron chi connectivity index (χ0n) is 24.3. The van der Waals surface area contributed by atoms with Crippen molar-refractivity contribution in [2.45, 2.75) is 65.8 Å². The van der Waals surface area contributed by atoms with Crippen LogP contribution in [0, 0.1) is 20.6 Å². The van der Waals surface area contributed by atoms with E-state index in [0.717, 1.165) is 17.5 Å². The largest absolute Gasteiger partial charge is 0.369 e. The van der Waals surface area contributed by atoms with E-state index in [1.807, 2.05) is 0 Å². The summed E-state index contributed by atoms with van der Waals surface area (Å²) < 4.78 is 2.14. The number of aromatic nitrogens is 1. The first-order chi connectivity index (χ1) is 18.7. The fourth-order valence-electron chi connectivity index (χ4n) is 5.99. The van der Waals surface area contributed by atoms with E-state index in [1.165, 1.54) is 50.2 Å². The van der Waals surface area contributed by atoms with E-state index in [-0.39, 0.29) is 6.04 Å². The van der Waals surface area contributed by atoms with E-state index >= 15 is 0 Å². The van der Waals surface area contributed by atoms with E-state index in [9.17, 15) is 0 Å². The zero-order chi connectivity index (χ0) is 27.7. The lowest BCUT2D eigenvalue weighted by Crippen LogP contribution is -2.43. The maximum Gasteiger partial charge on any atom is 0.218 e. The van der Waals surface area contributed by atoms with Gasteiger partial charge in [-0.25, -0.2) is 0 Å². The number of hydrogen-bond acceptors (Lipinski definition) is 1. The molecule has 2 nitrogen and oxygen atoms in total. The molecule has 3 aromatic carbocycles. The Bertz CT molecular complexity index is 1610. The number of nitrogens with one attached hydrogen (secondary N) is 1. The monoisotopic (exact) mass is 513 g/mol. The number of hydrogen-bond donors (Lipinski definition) is 1. The molecule has 198 valence electrons. The first kappa shape index (κ1) is 26.7. The second-order valence-electron chi connectivity index (χ2n) is 11.6. The quantitative estimate of drug-likeness (QED) is 0.259. The molecule has 0 radical (unpaired) electrons. The summed E-state index contributed by atoms with van der Waals surface area (Å²) in [7, 11) is 0. The third-order valence-electron chi connectivity index (χ3n) is 7.86. The molecule has 0 fully saturated rings. The minimum Gasteiger partial charge on any atom is -0.369 e. The van der Waals surface area contributed by atoms with E-state index in [1.54, 1.807) is 0 Å². The number of anilines is 1. The van der Waals surface area contributed by atoms with Crippen LogP contribution >= 0.6 is 0 Å². The maximum atomic E-state index is 4.64. The molecule has 0 amide bonds. The van der Waals surface area contributed by atoms with Crippen LogP contribution < -0.4 is 14.9 Å². The molecule has 2 heteroatoms. The molecule has 1 unspecified atom stereocenters. The topological polar surface area (TPSA) is 17.9 Å². The van der Waals surface area contributed by atoms with Crippen LogP contribution in [0.5, 0.6) is 0 Å². The lowest BCUT2D eigenvalue weighted by atomic mass is 9.90. The standard InChI is InChI=1S/C37H41N2/c1-24(2)30-16-11-17-31(25(3)4)37(30)38-36(29-22-26(5)21-27(6)23-29)35-20-12-19-34(39(35)7)33-18-10-14-28-13-8-9-15-32(28)33/h8-13,15-25,36,38H,7,14H2,1-6H3/q+1/b34-33+. The molecule has 1 N–H and O–H groups in total. The van der Waals surface area contributed by atoms with Crippen molar-refractivity contribution in [1.29, 1.82) is 0 Å². The van der Waals surface area contributed by atoms with Crippen LogP contribution in [0.4, 0.5) is 5.69 Å². The minimum atomic E-state index is -0.0677. The normalized spacial score (nSPS) is 15.0. The van der Waals surface area contributed by atoms with Gasteiger partial charge in [-0.3, -0.25) is 0 Å². The van der Waals surface area contributed by atoms with Gasteiger partial charge in [-0.05, 0) is 66.0 Å². The summed E-state index contributed by atoms with van der Waals surface area (Å²) in [4.78, 5) is 0. The highest BCUT2D eigenvalue weighted by Gasteiger charge is 2.26. The molecule has 1 heterocycles. The van der Waals surface area contributed by atoms with Gasteiger partial charge in [0.25, 0.3) is 0 Å². The predicted molar refractivity (Wildman–Crippen MR) is 165 cm³/mol. The van der Waals surface area contributed by atoms with Gasteiger partial charge < -0.3 is 5.32 Å². The van der Waals surface area contributed by atoms with Crippen LogP contribution in [0.3, 0.4) is 0 Å². The van der Waals surface area contributed by atoms with Crippen molar-refractivity contribution >= 4 is 11.3 Å². The van der Waals surface area contributed by atoms with E-state index in [2.05, 4.69) is 149 Å². The van der Waals surface area contributed by atoms with Crippen LogP contribution in [0.15, 0.2) is 91.0 Å². The van der Waals surface area contributed by atoms with Gasteiger partial charge in [0, 0.05) is 17.8 Å². The van der Waals surface area contributed by atoms with Crippen LogP contribution in [-0.4, -0.2) is 0 Å². The van der Waals surface area contributed by atoms with Gasteiger partial charge in [0.15, 0.2) is 0 Å². The van der Waals surface area contributed by atoms with Gasteiger partial charge in [-0.1, -0.05) is 112 Å². The Hall–Kier alpha value is -3.91. The highest BCUT2D eigenvalue weighted by molar-refractivity contribution is 5.76. The smallest absolute Gasteiger partial charge is 0.218 e. The summed E-state index contributed by atoms with van der Waals surface area (Å²) in [5.41, 5.74) is 12.7. The van der Waals surface area contributed by atoms with Crippen molar-refractivity contribution in [2.75, 3.05) is 5.32 Å². The summed E-state index contributed by atoms with van der Waals surface area (Å²) in [5.74, 6) is 0.812. The second kappa shape index (κ2) is 11.1. The summed E-state index contributed by atoms with van der Waals surface area (Å²) in [6.45, 7) is 18.1. The molecular weight excluding hydrogens is 472 g/mol. The number of rotatable bonds is 6. The molecule has 0 bridgehead atoms. The molecule has 1 aromatic heterocycles. The summed E-state index contributed by atoms with van der Waals surface area (Å²) in [6.07, 6.45) is 5.48. The van der Waals surface area contributed by atoms with Gasteiger partial charge in [0.05, 0.1) is 5.57 Å². The van der Waals surface area contributed by atoms with Gasteiger partial charge in [0.2, 0.25) is 11.0 Å². The molecule has 4 aromatic rings. The Balaban J connectivity index is 1.77. The molecule has 0 spiro atoms. The Labute approximate surface area is 234 Å². The minimum absolute atomic E-state index is 0.0677. The van der Waals surface area contributed by atoms with Gasteiger partial charge in [0.1, 0.15) is 12.8 Å². The van der Waals surface area contributed by atoms with Crippen LogP contribution in [0.2, 0.25) is 0 Å². The van der Waals surface area contributed by atoms with Gasteiger partial charge in [-0.2, -0.15) is 4.24 Å². The third-order valence-corrected chi connectivity index (χ3v) is 7.86. The molecule has 0 aliphatic heterocycles. The maximum absolute atomic E-state index is 4.64. The number of nitrogens with zero attached hydrogens (tertiary/aromatic N) is 1. The Kier molecular flexibility index (Phi) is 7.57. The SMILES string of the molecule is C=[n+]1c(C(Nc2c(C(C)C)cccc2C(C)C)c2cc(C)cc(C)c2)ccc/c1=C1/C=CCc2ccccc21. The average molecular weight is 514 g/mol. The van der Waals surface area contributed by atoms with Crippen molar-refractivity contribution < 1.29 is 4.24 Å². The molecule has 0 saturated carbocycles. The molecule has 1 aliphatic rings. The molecule has 39 heavy (non-hydrogen) atoms. The van der Waals surface area contributed by atoms with Gasteiger partial charge in [-0.15, -0.1) is 0 Å². The Morgan fingerprint density at radius 3 is 2.08 bits per heavy atom. The summed E-state index contributed by atoms with van der Waals surface area (Å²) in [5, 5.41) is 5.19. The zero-order valence-corrected chi connectivity index (χ0v) is 24.3. The van der Waals surface area contributed by atoms with Crippen molar-refractivity contribution in [3.8, 4) is 0 Å². The predicted octanol–water partition coefficient (Wildman–Crippen LogP) is 7.99. The molecule has 5 rings (SSSR count).